The first-order valence-electron chi connectivity index (χ1n) is 14.2. The van der Waals surface area contributed by atoms with Gasteiger partial charge in [-0.2, -0.15) is 0 Å². The summed E-state index contributed by atoms with van der Waals surface area (Å²) in [6.45, 7) is 3.36. The monoisotopic (exact) mass is 579 g/mol. The molecule has 41 heavy (non-hydrogen) atoms. The molecule has 1 atom stereocenters. The van der Waals surface area contributed by atoms with E-state index in [1.165, 1.54) is 29.2 Å². The number of hydrogen-bond acceptors (Lipinski definition) is 4. The third-order valence-electron chi connectivity index (χ3n) is 7.60. The summed E-state index contributed by atoms with van der Waals surface area (Å²) in [4.78, 5) is 29.1. The van der Waals surface area contributed by atoms with Gasteiger partial charge in [-0.1, -0.05) is 69.2 Å². The van der Waals surface area contributed by atoms with Gasteiger partial charge in [-0.05, 0) is 73.2 Å². The number of benzene rings is 3. The van der Waals surface area contributed by atoms with Gasteiger partial charge in [-0.15, -0.1) is 0 Å². The Morgan fingerprint density at radius 1 is 0.902 bits per heavy atom. The Labute approximate surface area is 242 Å². The van der Waals surface area contributed by atoms with Gasteiger partial charge in [0.25, 0.3) is 10.0 Å². The lowest BCUT2D eigenvalue weighted by Crippen LogP contribution is -2.53. The molecule has 1 saturated carbocycles. The van der Waals surface area contributed by atoms with Crippen LogP contribution in [-0.4, -0.2) is 43.8 Å². The standard InChI is InChI=1S/C32H38FN3O4S/c1-3-24-16-20-28(21-17-24)36(41(39,40)29-12-6-5-7-13-29)23-31(37)35(22-25-14-18-26(33)19-15-25)30(4-2)32(38)34-27-10-8-9-11-27/h5-7,12-21,27,30H,3-4,8-11,22-23H2,1-2H3,(H,34,38). The maximum Gasteiger partial charge on any atom is 0.264 e. The number of amides is 2. The Kier molecular flexibility index (Phi) is 10.2. The number of aryl methyl sites for hydroxylation is 1. The average Bonchev–Trinajstić information content (AvgIpc) is 3.50. The van der Waals surface area contributed by atoms with Crippen molar-refractivity contribution in [1.29, 1.82) is 0 Å². The molecule has 0 spiro atoms. The third-order valence-corrected chi connectivity index (χ3v) is 9.38. The van der Waals surface area contributed by atoms with Gasteiger partial charge in [0, 0.05) is 12.6 Å². The highest BCUT2D eigenvalue weighted by molar-refractivity contribution is 7.92. The van der Waals surface area contributed by atoms with Crippen molar-refractivity contribution in [2.75, 3.05) is 10.8 Å². The minimum Gasteiger partial charge on any atom is -0.352 e. The van der Waals surface area contributed by atoms with E-state index in [-0.39, 0.29) is 23.4 Å². The topological polar surface area (TPSA) is 86.8 Å². The fourth-order valence-corrected chi connectivity index (χ4v) is 6.66. The summed E-state index contributed by atoms with van der Waals surface area (Å²) < 4.78 is 42.5. The minimum atomic E-state index is -4.12. The van der Waals surface area contributed by atoms with Crippen molar-refractivity contribution in [3.05, 3.63) is 95.8 Å². The van der Waals surface area contributed by atoms with Crippen molar-refractivity contribution in [3.63, 3.8) is 0 Å². The van der Waals surface area contributed by atoms with Gasteiger partial charge in [-0.25, -0.2) is 12.8 Å². The van der Waals surface area contributed by atoms with Crippen LogP contribution in [0.5, 0.6) is 0 Å². The smallest absolute Gasteiger partial charge is 0.264 e. The maximum absolute atomic E-state index is 14.1. The van der Waals surface area contributed by atoms with Crippen LogP contribution in [0.4, 0.5) is 10.1 Å². The molecule has 1 unspecified atom stereocenters. The molecule has 7 nitrogen and oxygen atoms in total. The zero-order chi connectivity index (χ0) is 29.4. The summed E-state index contributed by atoms with van der Waals surface area (Å²) in [5.41, 5.74) is 2.02. The van der Waals surface area contributed by atoms with E-state index >= 15 is 0 Å². The maximum atomic E-state index is 14.1. The molecule has 0 saturated heterocycles. The Morgan fingerprint density at radius 2 is 1.51 bits per heavy atom. The Morgan fingerprint density at radius 3 is 2.10 bits per heavy atom. The van der Waals surface area contributed by atoms with Gasteiger partial charge in [0.05, 0.1) is 10.6 Å². The van der Waals surface area contributed by atoms with E-state index < -0.39 is 34.3 Å². The van der Waals surface area contributed by atoms with Crippen molar-refractivity contribution >= 4 is 27.5 Å². The van der Waals surface area contributed by atoms with Crippen molar-refractivity contribution in [2.24, 2.45) is 0 Å². The van der Waals surface area contributed by atoms with Crippen molar-refractivity contribution in [2.45, 2.75) is 75.9 Å². The number of hydrogen-bond donors (Lipinski definition) is 1. The first kappa shape index (κ1) is 30.2. The molecule has 1 fully saturated rings. The summed E-state index contributed by atoms with van der Waals surface area (Å²) >= 11 is 0. The number of anilines is 1. The van der Waals surface area contributed by atoms with Crippen LogP contribution in [0, 0.1) is 5.82 Å². The van der Waals surface area contributed by atoms with E-state index in [1.807, 2.05) is 26.0 Å². The van der Waals surface area contributed by atoms with Crippen LogP contribution in [0.15, 0.2) is 83.8 Å². The molecule has 0 aromatic heterocycles. The number of sulfonamides is 1. The Bertz CT molecular complexity index is 1410. The second kappa shape index (κ2) is 13.8. The van der Waals surface area contributed by atoms with Crippen LogP contribution < -0.4 is 9.62 Å². The number of nitrogens with one attached hydrogen (secondary N) is 1. The molecule has 0 radical (unpaired) electrons. The number of carbonyl (C=O) groups excluding carboxylic acids is 2. The molecule has 4 rings (SSSR count). The van der Waals surface area contributed by atoms with Gasteiger partial charge < -0.3 is 10.2 Å². The molecular weight excluding hydrogens is 541 g/mol. The SMILES string of the molecule is CCc1ccc(N(CC(=O)N(Cc2ccc(F)cc2)C(CC)C(=O)NC2CCCC2)S(=O)(=O)c2ccccc2)cc1. The zero-order valence-electron chi connectivity index (χ0n) is 23.6. The highest BCUT2D eigenvalue weighted by Crippen LogP contribution is 2.26. The van der Waals surface area contributed by atoms with E-state index in [1.54, 1.807) is 42.5 Å². The van der Waals surface area contributed by atoms with Gasteiger partial charge >= 0.3 is 0 Å². The van der Waals surface area contributed by atoms with E-state index in [9.17, 15) is 22.4 Å². The summed E-state index contributed by atoms with van der Waals surface area (Å²) in [6.07, 6.45) is 4.99. The highest BCUT2D eigenvalue weighted by atomic mass is 32.2. The summed E-state index contributed by atoms with van der Waals surface area (Å²) in [5, 5.41) is 3.09. The molecular formula is C32H38FN3O4S. The fourth-order valence-electron chi connectivity index (χ4n) is 5.22. The number of carbonyl (C=O) groups is 2. The molecule has 9 heteroatoms. The third kappa shape index (κ3) is 7.52. The summed E-state index contributed by atoms with van der Waals surface area (Å²) in [5.74, 6) is -1.20. The highest BCUT2D eigenvalue weighted by Gasteiger charge is 2.34. The zero-order valence-corrected chi connectivity index (χ0v) is 24.4. The van der Waals surface area contributed by atoms with E-state index in [4.69, 9.17) is 0 Å². The lowest BCUT2D eigenvalue weighted by molar-refractivity contribution is -0.140. The number of halogens is 1. The van der Waals surface area contributed by atoms with E-state index in [0.717, 1.165) is 42.0 Å². The second-order valence-corrected chi connectivity index (χ2v) is 12.3. The van der Waals surface area contributed by atoms with E-state index in [2.05, 4.69) is 5.32 Å². The predicted molar refractivity (Wildman–Crippen MR) is 158 cm³/mol. The Hall–Kier alpha value is -3.72. The van der Waals surface area contributed by atoms with E-state index in [0.29, 0.717) is 17.7 Å². The summed E-state index contributed by atoms with van der Waals surface area (Å²) in [6, 6.07) is 20.0. The van der Waals surface area contributed by atoms with Crippen molar-refractivity contribution in [1.82, 2.24) is 10.2 Å². The van der Waals surface area contributed by atoms with Gasteiger partial charge in [0.15, 0.2) is 0 Å². The largest absolute Gasteiger partial charge is 0.352 e. The summed E-state index contributed by atoms with van der Waals surface area (Å²) in [7, 11) is -4.12. The quantitative estimate of drug-likeness (QED) is 0.309. The molecule has 1 aliphatic carbocycles. The van der Waals surface area contributed by atoms with Crippen LogP contribution in [0.1, 0.15) is 57.1 Å². The number of rotatable bonds is 12. The molecule has 2 amide bonds. The molecule has 0 bridgehead atoms. The van der Waals surface area contributed by atoms with Crippen LogP contribution in [-0.2, 0) is 32.6 Å². The molecule has 0 aliphatic heterocycles. The molecule has 0 heterocycles. The minimum absolute atomic E-state index is 0.0315. The van der Waals surface area contributed by atoms with Crippen LogP contribution in [0.2, 0.25) is 0 Å². The normalized spacial score (nSPS) is 14.4. The lowest BCUT2D eigenvalue weighted by atomic mass is 10.1. The van der Waals surface area contributed by atoms with Crippen molar-refractivity contribution < 1.29 is 22.4 Å². The van der Waals surface area contributed by atoms with Gasteiger partial charge in [0.1, 0.15) is 18.4 Å². The molecule has 3 aromatic carbocycles. The van der Waals surface area contributed by atoms with Crippen LogP contribution in [0.3, 0.4) is 0 Å². The molecule has 3 aromatic rings. The first-order valence-corrected chi connectivity index (χ1v) is 15.7. The predicted octanol–water partition coefficient (Wildman–Crippen LogP) is 5.45. The Balaban J connectivity index is 1.70. The number of nitrogens with zero attached hydrogens (tertiary/aromatic N) is 2. The van der Waals surface area contributed by atoms with Gasteiger partial charge in [0.2, 0.25) is 11.8 Å². The second-order valence-electron chi connectivity index (χ2n) is 10.4. The molecule has 1 N–H and O–H groups in total. The average molecular weight is 580 g/mol. The first-order chi connectivity index (χ1) is 19.7. The fraction of sp³-hybridized carbons (Fsp3) is 0.375. The van der Waals surface area contributed by atoms with Crippen LogP contribution in [0.25, 0.3) is 0 Å². The lowest BCUT2D eigenvalue weighted by Gasteiger charge is -2.33. The van der Waals surface area contributed by atoms with Crippen LogP contribution >= 0.6 is 0 Å². The van der Waals surface area contributed by atoms with Gasteiger partial charge in [-0.3, -0.25) is 13.9 Å². The van der Waals surface area contributed by atoms with Crippen molar-refractivity contribution in [3.8, 4) is 0 Å². The molecule has 1 aliphatic rings. The molecule has 218 valence electrons.